The highest BCUT2D eigenvalue weighted by Gasteiger charge is 2.13. The van der Waals surface area contributed by atoms with Crippen molar-refractivity contribution in [3.63, 3.8) is 0 Å². The van der Waals surface area contributed by atoms with Crippen molar-refractivity contribution < 1.29 is 32.2 Å². The van der Waals surface area contributed by atoms with Gasteiger partial charge in [-0.2, -0.15) is 8.42 Å². The van der Waals surface area contributed by atoms with Gasteiger partial charge in [0.05, 0.1) is 12.7 Å². The smallest absolute Gasteiger partial charge is 0.394 e. The molecule has 0 amide bonds. The molecule has 0 spiro atoms. The Morgan fingerprint density at radius 1 is 1.05 bits per heavy atom. The van der Waals surface area contributed by atoms with Crippen molar-refractivity contribution in [3.05, 3.63) is 59.7 Å². The van der Waals surface area contributed by atoms with Crippen molar-refractivity contribution in [2.45, 2.75) is 0 Å². The largest absolute Gasteiger partial charge is 0.507 e. The number of carbonyl (C=O) groups excluding carboxylic acids is 1. The number of hydrogen-bond donors (Lipinski definition) is 3. The summed E-state index contributed by atoms with van der Waals surface area (Å²) >= 11 is 0. The summed E-state index contributed by atoms with van der Waals surface area (Å²) in [6, 6.07) is 13.5. The third kappa shape index (κ3) is 5.92. The molecule has 2 rings (SSSR count). The summed E-state index contributed by atoms with van der Waals surface area (Å²) in [5, 5.41) is 9.75. The third-order valence-electron chi connectivity index (χ3n) is 2.49. The molecular formula is C14H14O7S. The van der Waals surface area contributed by atoms with Gasteiger partial charge in [-0.1, -0.05) is 30.3 Å². The van der Waals surface area contributed by atoms with Gasteiger partial charge in [0.15, 0.2) is 5.78 Å². The summed E-state index contributed by atoms with van der Waals surface area (Å²) < 4.78 is 36.5. The van der Waals surface area contributed by atoms with Crippen molar-refractivity contribution >= 4 is 16.2 Å². The molecule has 0 saturated carbocycles. The fourth-order valence-electron chi connectivity index (χ4n) is 1.58. The van der Waals surface area contributed by atoms with E-state index in [0.717, 1.165) is 0 Å². The number of carbonyl (C=O) groups is 1. The van der Waals surface area contributed by atoms with Crippen molar-refractivity contribution in [2.24, 2.45) is 0 Å². The van der Waals surface area contributed by atoms with Gasteiger partial charge in [-0.3, -0.25) is 13.9 Å². The van der Waals surface area contributed by atoms with Crippen molar-refractivity contribution in [2.75, 3.05) is 7.11 Å². The Morgan fingerprint density at radius 2 is 1.59 bits per heavy atom. The van der Waals surface area contributed by atoms with Crippen molar-refractivity contribution in [1.82, 2.24) is 0 Å². The van der Waals surface area contributed by atoms with Crippen LogP contribution in [-0.2, 0) is 10.4 Å². The molecule has 0 fully saturated rings. The molecule has 0 radical (unpaired) electrons. The minimum absolute atomic E-state index is 0.0711. The van der Waals surface area contributed by atoms with Gasteiger partial charge in [0.2, 0.25) is 0 Å². The maximum Gasteiger partial charge on any atom is 0.394 e. The number of ketones is 1. The Kier molecular flexibility index (Phi) is 6.05. The topological polar surface area (TPSA) is 121 Å². The quantitative estimate of drug-likeness (QED) is 0.582. The number of aromatic hydroxyl groups is 1. The number of ether oxygens (including phenoxy) is 1. The van der Waals surface area contributed by atoms with Crippen LogP contribution in [0.15, 0.2) is 48.5 Å². The fraction of sp³-hybridized carbons (Fsp3) is 0.0714. The minimum atomic E-state index is -4.67. The summed E-state index contributed by atoms with van der Waals surface area (Å²) in [6.45, 7) is 0. The van der Waals surface area contributed by atoms with Crippen LogP contribution < -0.4 is 4.74 Å². The molecule has 8 heteroatoms. The summed E-state index contributed by atoms with van der Waals surface area (Å²) in [7, 11) is -3.16. The van der Waals surface area contributed by atoms with Crippen LogP contribution in [0.3, 0.4) is 0 Å². The maximum atomic E-state index is 12.1. The van der Waals surface area contributed by atoms with Crippen LogP contribution in [0.1, 0.15) is 15.9 Å². The van der Waals surface area contributed by atoms with Gasteiger partial charge in [-0.25, -0.2) is 0 Å². The first kappa shape index (κ1) is 17.6. The molecule has 0 aliphatic heterocycles. The number of phenols is 1. The zero-order valence-corrected chi connectivity index (χ0v) is 12.3. The average Bonchev–Trinajstić information content (AvgIpc) is 2.45. The molecule has 22 heavy (non-hydrogen) atoms. The Hall–Kier alpha value is -2.42. The van der Waals surface area contributed by atoms with E-state index in [0.29, 0.717) is 11.3 Å². The molecule has 0 unspecified atom stereocenters. The lowest BCUT2D eigenvalue weighted by Gasteiger charge is -2.06. The van der Waals surface area contributed by atoms with E-state index in [9.17, 15) is 9.90 Å². The highest BCUT2D eigenvalue weighted by atomic mass is 32.3. The Bertz CT molecular complexity index is 731. The highest BCUT2D eigenvalue weighted by molar-refractivity contribution is 7.79. The first-order chi connectivity index (χ1) is 10.2. The number of methoxy groups -OCH3 is 1. The van der Waals surface area contributed by atoms with Gasteiger partial charge in [0.1, 0.15) is 11.5 Å². The lowest BCUT2D eigenvalue weighted by Crippen LogP contribution is -2.01. The van der Waals surface area contributed by atoms with Gasteiger partial charge in [-0.15, -0.1) is 0 Å². The van der Waals surface area contributed by atoms with Gasteiger partial charge in [0, 0.05) is 11.6 Å². The van der Waals surface area contributed by atoms with Gasteiger partial charge >= 0.3 is 10.4 Å². The normalized spacial score (nSPS) is 10.3. The molecule has 2 aromatic carbocycles. The van der Waals surface area contributed by atoms with E-state index in [1.54, 1.807) is 36.4 Å². The molecule has 0 aromatic heterocycles. The van der Waals surface area contributed by atoms with Crippen molar-refractivity contribution in [1.29, 1.82) is 0 Å². The van der Waals surface area contributed by atoms with Crippen LogP contribution in [-0.4, -0.2) is 35.5 Å². The molecule has 3 N–H and O–H groups in total. The van der Waals surface area contributed by atoms with Crippen LogP contribution in [0, 0.1) is 0 Å². The lowest BCUT2D eigenvalue weighted by molar-refractivity contribution is 0.103. The lowest BCUT2D eigenvalue weighted by atomic mass is 10.0. The number of phenolic OH excluding ortho intramolecular Hbond substituents is 1. The molecule has 2 aromatic rings. The Balaban J connectivity index is 0.000000422. The summed E-state index contributed by atoms with van der Waals surface area (Å²) in [5.41, 5.74) is 0.824. The second-order valence-corrected chi connectivity index (χ2v) is 4.92. The predicted octanol–water partition coefficient (Wildman–Crippen LogP) is 1.98. The third-order valence-corrected chi connectivity index (χ3v) is 2.49. The van der Waals surface area contributed by atoms with Crippen molar-refractivity contribution in [3.8, 4) is 11.5 Å². The van der Waals surface area contributed by atoms with Crippen LogP contribution in [0.4, 0.5) is 0 Å². The van der Waals surface area contributed by atoms with Gasteiger partial charge < -0.3 is 9.84 Å². The van der Waals surface area contributed by atoms with Gasteiger partial charge in [0.25, 0.3) is 0 Å². The van der Waals surface area contributed by atoms with E-state index >= 15 is 0 Å². The Morgan fingerprint density at radius 3 is 2.05 bits per heavy atom. The zero-order valence-electron chi connectivity index (χ0n) is 11.5. The van der Waals surface area contributed by atoms with E-state index in [1.165, 1.54) is 13.2 Å². The molecule has 0 aliphatic carbocycles. The van der Waals surface area contributed by atoms with Crippen LogP contribution in [0.2, 0.25) is 0 Å². The standard InChI is InChI=1S/C14H12O3.H2O4S/c1-17-11-7-8-12(13(15)9-11)14(16)10-5-3-2-4-6-10;1-5(2,3)4/h2-9,15H,1H3;(H2,1,2,3,4). The van der Waals surface area contributed by atoms with E-state index in [-0.39, 0.29) is 17.1 Å². The highest BCUT2D eigenvalue weighted by Crippen LogP contribution is 2.25. The van der Waals surface area contributed by atoms with Crippen LogP contribution in [0.5, 0.6) is 11.5 Å². The first-order valence-corrected chi connectivity index (χ1v) is 7.28. The SMILES string of the molecule is COc1ccc(C(=O)c2ccccc2)c(O)c1.O=S(=O)(O)O. The van der Waals surface area contributed by atoms with Gasteiger partial charge in [-0.05, 0) is 12.1 Å². The molecule has 0 atom stereocenters. The Labute approximate surface area is 127 Å². The van der Waals surface area contributed by atoms with E-state index in [1.807, 2.05) is 6.07 Å². The number of rotatable bonds is 3. The molecule has 0 saturated heterocycles. The minimum Gasteiger partial charge on any atom is -0.507 e. The number of benzene rings is 2. The first-order valence-electron chi connectivity index (χ1n) is 5.89. The van der Waals surface area contributed by atoms with Crippen LogP contribution >= 0.6 is 0 Å². The summed E-state index contributed by atoms with van der Waals surface area (Å²) in [6.07, 6.45) is 0. The summed E-state index contributed by atoms with van der Waals surface area (Å²) in [4.78, 5) is 12.1. The monoisotopic (exact) mass is 326 g/mol. The average molecular weight is 326 g/mol. The van der Waals surface area contributed by atoms with E-state index in [4.69, 9.17) is 22.3 Å². The summed E-state index contributed by atoms with van der Waals surface area (Å²) in [5.74, 6) is 0.246. The molecule has 7 nitrogen and oxygen atoms in total. The number of hydrogen-bond acceptors (Lipinski definition) is 5. The van der Waals surface area contributed by atoms with Crippen LogP contribution in [0.25, 0.3) is 0 Å². The molecule has 0 heterocycles. The second-order valence-electron chi connectivity index (χ2n) is 4.03. The molecule has 0 aliphatic rings. The molecule has 118 valence electrons. The van der Waals surface area contributed by atoms with E-state index in [2.05, 4.69) is 0 Å². The predicted molar refractivity (Wildman–Crippen MR) is 78.7 cm³/mol. The fourth-order valence-corrected chi connectivity index (χ4v) is 1.58. The van der Waals surface area contributed by atoms with E-state index < -0.39 is 10.4 Å². The maximum absolute atomic E-state index is 12.1. The molecule has 0 bridgehead atoms. The second kappa shape index (κ2) is 7.55. The molecular weight excluding hydrogens is 312 g/mol. The zero-order chi connectivity index (χ0) is 16.8.